The fraction of sp³-hybridized carbons (Fsp3) is 0.917. The lowest BCUT2D eigenvalue weighted by atomic mass is 9.90. The van der Waals surface area contributed by atoms with Gasteiger partial charge in [-0.25, -0.2) is 0 Å². The van der Waals surface area contributed by atoms with Gasteiger partial charge in [0.05, 0.1) is 6.61 Å². The largest absolute Gasteiger partial charge is 0.395 e. The molecule has 0 aliphatic heterocycles. The minimum atomic E-state index is 0.0795. The third-order valence-corrected chi connectivity index (χ3v) is 4.67. The standard InChI is InChI=1S/C12H21NO2S/c14-7-6-13(10-2-1-3-10)11(15)8-12(9-16)4-5-12/h10,14,16H,1-9H2. The van der Waals surface area contributed by atoms with Crippen LogP contribution in [0.5, 0.6) is 0 Å². The van der Waals surface area contributed by atoms with Crippen LogP contribution in [0.15, 0.2) is 0 Å². The molecule has 0 atom stereocenters. The van der Waals surface area contributed by atoms with Gasteiger partial charge >= 0.3 is 0 Å². The highest BCUT2D eigenvalue weighted by atomic mass is 32.1. The van der Waals surface area contributed by atoms with E-state index in [9.17, 15) is 4.79 Å². The van der Waals surface area contributed by atoms with E-state index in [1.165, 1.54) is 6.42 Å². The van der Waals surface area contributed by atoms with Crippen molar-refractivity contribution in [2.24, 2.45) is 5.41 Å². The van der Waals surface area contributed by atoms with Crippen LogP contribution in [0.1, 0.15) is 38.5 Å². The number of aliphatic hydroxyl groups excluding tert-OH is 1. The van der Waals surface area contributed by atoms with Crippen LogP contribution in [0.2, 0.25) is 0 Å². The van der Waals surface area contributed by atoms with Crippen LogP contribution in [-0.2, 0) is 4.79 Å². The Morgan fingerprint density at radius 2 is 2.12 bits per heavy atom. The van der Waals surface area contributed by atoms with E-state index in [1.807, 2.05) is 4.90 Å². The quantitative estimate of drug-likeness (QED) is 0.693. The van der Waals surface area contributed by atoms with Crippen LogP contribution in [0.4, 0.5) is 0 Å². The second-order valence-electron chi connectivity index (χ2n) is 5.23. The predicted molar refractivity (Wildman–Crippen MR) is 66.6 cm³/mol. The second kappa shape index (κ2) is 4.96. The maximum absolute atomic E-state index is 12.2. The molecule has 0 spiro atoms. The zero-order valence-electron chi connectivity index (χ0n) is 9.69. The minimum Gasteiger partial charge on any atom is -0.395 e. The summed E-state index contributed by atoms with van der Waals surface area (Å²) in [4.78, 5) is 14.1. The molecule has 0 aromatic heterocycles. The van der Waals surface area contributed by atoms with E-state index in [2.05, 4.69) is 12.6 Å². The van der Waals surface area contributed by atoms with Gasteiger partial charge < -0.3 is 10.0 Å². The van der Waals surface area contributed by atoms with Crippen LogP contribution < -0.4 is 0 Å². The van der Waals surface area contributed by atoms with Crippen molar-refractivity contribution in [2.45, 2.75) is 44.6 Å². The van der Waals surface area contributed by atoms with Crippen LogP contribution in [-0.4, -0.2) is 40.9 Å². The molecule has 2 rings (SSSR count). The topological polar surface area (TPSA) is 40.5 Å². The second-order valence-corrected chi connectivity index (χ2v) is 5.55. The summed E-state index contributed by atoms with van der Waals surface area (Å²) in [5, 5.41) is 9.02. The van der Waals surface area contributed by atoms with E-state index in [1.54, 1.807) is 0 Å². The molecule has 0 bridgehead atoms. The summed E-state index contributed by atoms with van der Waals surface area (Å²) in [5.74, 6) is 1.04. The Morgan fingerprint density at radius 1 is 1.44 bits per heavy atom. The first-order valence-electron chi connectivity index (χ1n) is 6.22. The predicted octanol–water partition coefficient (Wildman–Crippen LogP) is 1.46. The van der Waals surface area contributed by atoms with Gasteiger partial charge in [0.2, 0.25) is 5.91 Å². The minimum absolute atomic E-state index is 0.0795. The maximum atomic E-state index is 12.2. The van der Waals surface area contributed by atoms with E-state index in [0.29, 0.717) is 19.0 Å². The van der Waals surface area contributed by atoms with Crippen LogP contribution in [0.25, 0.3) is 0 Å². The number of amides is 1. The van der Waals surface area contributed by atoms with Crippen molar-refractivity contribution in [1.29, 1.82) is 0 Å². The summed E-state index contributed by atoms with van der Waals surface area (Å²) in [5.41, 5.74) is 0.192. The number of rotatable bonds is 6. The number of hydrogen-bond donors (Lipinski definition) is 2. The molecule has 2 aliphatic carbocycles. The number of aliphatic hydroxyl groups is 1. The number of carbonyl (C=O) groups excluding carboxylic acids is 1. The molecule has 0 heterocycles. The van der Waals surface area contributed by atoms with Crippen molar-refractivity contribution in [3.63, 3.8) is 0 Å². The summed E-state index contributed by atoms with van der Waals surface area (Å²) < 4.78 is 0. The molecule has 0 saturated heterocycles. The highest BCUT2D eigenvalue weighted by Gasteiger charge is 2.44. The molecular weight excluding hydrogens is 222 g/mol. The smallest absolute Gasteiger partial charge is 0.223 e. The third-order valence-electron chi connectivity index (χ3n) is 4.00. The first-order valence-corrected chi connectivity index (χ1v) is 6.85. The Bertz CT molecular complexity index is 262. The first-order chi connectivity index (χ1) is 7.71. The fourth-order valence-corrected chi connectivity index (χ4v) is 2.73. The summed E-state index contributed by atoms with van der Waals surface area (Å²) in [6, 6.07) is 0.398. The molecule has 0 aromatic rings. The van der Waals surface area contributed by atoms with Crippen molar-refractivity contribution in [2.75, 3.05) is 18.9 Å². The Morgan fingerprint density at radius 3 is 2.50 bits per heavy atom. The Balaban J connectivity index is 1.88. The van der Waals surface area contributed by atoms with Gasteiger partial charge in [-0.15, -0.1) is 0 Å². The van der Waals surface area contributed by atoms with Crippen LogP contribution in [0.3, 0.4) is 0 Å². The Kier molecular flexibility index (Phi) is 3.80. The lowest BCUT2D eigenvalue weighted by Crippen LogP contribution is -2.46. The van der Waals surface area contributed by atoms with Gasteiger partial charge in [0.15, 0.2) is 0 Å². The molecule has 92 valence electrons. The molecule has 0 radical (unpaired) electrons. The molecule has 1 N–H and O–H groups in total. The van der Waals surface area contributed by atoms with Crippen molar-refractivity contribution in [1.82, 2.24) is 4.90 Å². The van der Waals surface area contributed by atoms with E-state index in [-0.39, 0.29) is 17.9 Å². The van der Waals surface area contributed by atoms with Gasteiger partial charge in [-0.1, -0.05) is 0 Å². The fourth-order valence-electron chi connectivity index (χ4n) is 2.31. The molecular formula is C12H21NO2S. The number of hydrogen-bond acceptors (Lipinski definition) is 3. The lowest BCUT2D eigenvalue weighted by Gasteiger charge is -2.38. The van der Waals surface area contributed by atoms with E-state index in [0.717, 1.165) is 31.4 Å². The first kappa shape index (κ1) is 12.2. The highest BCUT2D eigenvalue weighted by Crippen LogP contribution is 2.50. The molecule has 3 nitrogen and oxygen atoms in total. The van der Waals surface area contributed by atoms with E-state index >= 15 is 0 Å². The number of thiol groups is 1. The molecule has 2 aliphatic rings. The normalized spacial score (nSPS) is 22.6. The average Bonchev–Trinajstić information content (AvgIpc) is 2.95. The average molecular weight is 243 g/mol. The van der Waals surface area contributed by atoms with Crippen molar-refractivity contribution >= 4 is 18.5 Å². The van der Waals surface area contributed by atoms with Gasteiger partial charge in [0.1, 0.15) is 0 Å². The van der Waals surface area contributed by atoms with Gasteiger partial charge in [0, 0.05) is 19.0 Å². The molecule has 2 saturated carbocycles. The summed E-state index contributed by atoms with van der Waals surface area (Å²) >= 11 is 4.33. The van der Waals surface area contributed by atoms with Crippen molar-refractivity contribution in [3.8, 4) is 0 Å². The molecule has 0 unspecified atom stereocenters. The van der Waals surface area contributed by atoms with Crippen LogP contribution in [0, 0.1) is 5.41 Å². The Labute approximate surface area is 103 Å². The number of carbonyl (C=O) groups is 1. The molecule has 4 heteroatoms. The lowest BCUT2D eigenvalue weighted by molar-refractivity contribution is -0.137. The zero-order chi connectivity index (χ0) is 11.6. The molecule has 1 amide bonds. The van der Waals surface area contributed by atoms with Gasteiger partial charge in [-0.2, -0.15) is 12.6 Å². The zero-order valence-corrected chi connectivity index (χ0v) is 10.6. The van der Waals surface area contributed by atoms with Gasteiger partial charge in [-0.05, 0) is 43.3 Å². The highest BCUT2D eigenvalue weighted by molar-refractivity contribution is 7.80. The van der Waals surface area contributed by atoms with Gasteiger partial charge in [-0.3, -0.25) is 4.79 Å². The van der Waals surface area contributed by atoms with E-state index < -0.39 is 0 Å². The molecule has 2 fully saturated rings. The van der Waals surface area contributed by atoms with Crippen molar-refractivity contribution in [3.05, 3.63) is 0 Å². The molecule has 16 heavy (non-hydrogen) atoms. The summed E-state index contributed by atoms with van der Waals surface area (Å²) in [6.07, 6.45) is 6.35. The maximum Gasteiger partial charge on any atom is 0.223 e. The summed E-state index contributed by atoms with van der Waals surface area (Å²) in [6.45, 7) is 0.586. The summed E-state index contributed by atoms with van der Waals surface area (Å²) in [7, 11) is 0. The molecule has 0 aromatic carbocycles. The van der Waals surface area contributed by atoms with Crippen molar-refractivity contribution < 1.29 is 9.90 Å². The third kappa shape index (κ3) is 2.54. The van der Waals surface area contributed by atoms with Crippen LogP contribution >= 0.6 is 12.6 Å². The Hall–Kier alpha value is -0.220. The monoisotopic (exact) mass is 243 g/mol. The SMILES string of the molecule is O=C(CC1(CS)CC1)N(CCO)C1CCC1. The van der Waals surface area contributed by atoms with Gasteiger partial charge in [0.25, 0.3) is 0 Å². The number of nitrogens with zero attached hydrogens (tertiary/aromatic N) is 1. The van der Waals surface area contributed by atoms with E-state index in [4.69, 9.17) is 5.11 Å².